The van der Waals surface area contributed by atoms with E-state index < -0.39 is 0 Å². The van der Waals surface area contributed by atoms with E-state index in [1.807, 2.05) is 0 Å². The largest absolute Gasteiger partial charge is 0.471 e. The van der Waals surface area contributed by atoms with Crippen molar-refractivity contribution in [1.82, 2.24) is 14.4 Å². The number of nitrogens with two attached hydrogens (primary N) is 1. The molecule has 5 heteroatoms. The van der Waals surface area contributed by atoms with E-state index in [1.54, 1.807) is 29.1 Å². The number of nitrogens with zero attached hydrogens (tertiary/aromatic N) is 3. The maximum Gasteiger partial charge on any atom is 0.260 e. The second-order valence-corrected chi connectivity index (χ2v) is 2.73. The highest BCUT2D eigenvalue weighted by Gasteiger charge is 2.05. The van der Waals surface area contributed by atoms with Crippen molar-refractivity contribution in [3.8, 4) is 5.88 Å². The first-order valence-corrected chi connectivity index (χ1v) is 4.14. The highest BCUT2D eigenvalue weighted by Crippen LogP contribution is 2.16. The minimum absolute atomic E-state index is 0.388. The van der Waals surface area contributed by atoms with Gasteiger partial charge < -0.3 is 10.5 Å². The third-order valence-electron chi connectivity index (χ3n) is 1.70. The molecule has 0 amide bonds. The van der Waals surface area contributed by atoms with Crippen LogP contribution >= 0.6 is 0 Å². The van der Waals surface area contributed by atoms with Crippen LogP contribution in [0.3, 0.4) is 0 Å². The number of imidazole rings is 1. The Bertz CT molecular complexity index is 463. The first-order chi connectivity index (χ1) is 6.81. The van der Waals surface area contributed by atoms with Crippen LogP contribution in [-0.2, 0) is 0 Å². The second kappa shape index (κ2) is 3.37. The highest BCUT2D eigenvalue weighted by molar-refractivity contribution is 5.52. The van der Waals surface area contributed by atoms with Gasteiger partial charge in [-0.3, -0.25) is 4.40 Å². The lowest BCUT2D eigenvalue weighted by Gasteiger charge is -2.04. The van der Waals surface area contributed by atoms with Crippen LogP contribution in [-0.4, -0.2) is 21.0 Å². The van der Waals surface area contributed by atoms with Crippen LogP contribution in [0.15, 0.2) is 31.2 Å². The lowest BCUT2D eigenvalue weighted by molar-refractivity contribution is 0.351. The van der Waals surface area contributed by atoms with E-state index in [1.165, 1.54) is 0 Å². The van der Waals surface area contributed by atoms with Gasteiger partial charge in [0.1, 0.15) is 12.4 Å². The molecule has 0 unspecified atom stereocenters. The Morgan fingerprint density at radius 2 is 2.50 bits per heavy atom. The van der Waals surface area contributed by atoms with Gasteiger partial charge in [0.05, 0.1) is 6.20 Å². The van der Waals surface area contributed by atoms with Crippen LogP contribution in [0.5, 0.6) is 5.88 Å². The fraction of sp³-hybridized carbons (Fsp3) is 0.111. The van der Waals surface area contributed by atoms with Gasteiger partial charge in [-0.15, -0.1) is 0 Å². The van der Waals surface area contributed by atoms with E-state index in [4.69, 9.17) is 10.5 Å². The SMILES string of the molecule is C=CCOc1nc(N)cn2ccnc12. The molecule has 2 heterocycles. The van der Waals surface area contributed by atoms with Crippen molar-refractivity contribution < 1.29 is 4.74 Å². The summed E-state index contributed by atoms with van der Waals surface area (Å²) in [6, 6.07) is 0. The molecule has 0 aliphatic carbocycles. The Kier molecular flexibility index (Phi) is 2.06. The summed E-state index contributed by atoms with van der Waals surface area (Å²) in [6.07, 6.45) is 6.78. The van der Waals surface area contributed by atoms with Gasteiger partial charge in [-0.2, -0.15) is 4.98 Å². The van der Waals surface area contributed by atoms with Crippen molar-refractivity contribution in [2.75, 3.05) is 12.3 Å². The molecule has 5 nitrogen and oxygen atoms in total. The predicted octanol–water partition coefficient (Wildman–Crippen LogP) is 0.876. The monoisotopic (exact) mass is 190 g/mol. The summed E-state index contributed by atoms with van der Waals surface area (Å²) in [6.45, 7) is 3.94. The van der Waals surface area contributed by atoms with E-state index >= 15 is 0 Å². The Morgan fingerprint density at radius 3 is 3.29 bits per heavy atom. The molecule has 0 saturated carbocycles. The van der Waals surface area contributed by atoms with Gasteiger partial charge in [0.2, 0.25) is 5.65 Å². The van der Waals surface area contributed by atoms with Crippen LogP contribution in [0, 0.1) is 0 Å². The fourth-order valence-corrected chi connectivity index (χ4v) is 1.16. The molecule has 0 saturated heterocycles. The van der Waals surface area contributed by atoms with Crippen LogP contribution in [0.2, 0.25) is 0 Å². The zero-order valence-electron chi connectivity index (χ0n) is 7.55. The molecule has 0 aliphatic heterocycles. The standard InChI is InChI=1S/C9H10N4O/c1-2-5-14-9-8-11-3-4-13(8)6-7(10)12-9/h2-4,6H,1,5,10H2. The summed E-state index contributed by atoms with van der Waals surface area (Å²) < 4.78 is 7.08. The quantitative estimate of drug-likeness (QED) is 0.729. The molecule has 0 spiro atoms. The first kappa shape index (κ1) is 8.55. The van der Waals surface area contributed by atoms with Gasteiger partial charge in [0.15, 0.2) is 0 Å². The van der Waals surface area contributed by atoms with Crippen molar-refractivity contribution in [2.24, 2.45) is 0 Å². The van der Waals surface area contributed by atoms with E-state index in [9.17, 15) is 0 Å². The number of anilines is 1. The third-order valence-corrected chi connectivity index (χ3v) is 1.70. The number of rotatable bonds is 3. The lowest BCUT2D eigenvalue weighted by atomic mass is 10.6. The van der Waals surface area contributed by atoms with E-state index in [0.717, 1.165) is 0 Å². The van der Waals surface area contributed by atoms with Gasteiger partial charge >= 0.3 is 0 Å². The molecule has 2 rings (SSSR count). The average Bonchev–Trinajstić information content (AvgIpc) is 2.61. The number of ether oxygens (including phenoxy) is 1. The topological polar surface area (TPSA) is 65.4 Å². The normalized spacial score (nSPS) is 10.3. The molecule has 0 atom stereocenters. The summed E-state index contributed by atoms with van der Waals surface area (Å²) in [5, 5.41) is 0. The molecule has 2 N–H and O–H groups in total. The second-order valence-electron chi connectivity index (χ2n) is 2.73. The Morgan fingerprint density at radius 1 is 1.64 bits per heavy atom. The highest BCUT2D eigenvalue weighted by atomic mass is 16.5. The molecule has 14 heavy (non-hydrogen) atoms. The predicted molar refractivity (Wildman–Crippen MR) is 53.1 cm³/mol. The molecular weight excluding hydrogens is 180 g/mol. The number of nitrogen functional groups attached to an aromatic ring is 1. The molecule has 2 aromatic heterocycles. The van der Waals surface area contributed by atoms with Crippen molar-refractivity contribution in [3.05, 3.63) is 31.2 Å². The summed E-state index contributed by atoms with van der Waals surface area (Å²) in [4.78, 5) is 8.13. The smallest absolute Gasteiger partial charge is 0.260 e. The van der Waals surface area contributed by atoms with Crippen molar-refractivity contribution in [1.29, 1.82) is 0 Å². The van der Waals surface area contributed by atoms with Crippen LogP contribution < -0.4 is 10.5 Å². The maximum absolute atomic E-state index is 5.59. The Balaban J connectivity index is 2.49. The summed E-state index contributed by atoms with van der Waals surface area (Å²) in [5.74, 6) is 0.824. The van der Waals surface area contributed by atoms with Crippen LogP contribution in [0.1, 0.15) is 0 Å². The number of hydrogen-bond acceptors (Lipinski definition) is 4. The van der Waals surface area contributed by atoms with Gasteiger partial charge in [-0.25, -0.2) is 4.98 Å². The molecule has 0 aromatic carbocycles. The van der Waals surface area contributed by atoms with Crippen LogP contribution in [0.4, 0.5) is 5.82 Å². The maximum atomic E-state index is 5.59. The average molecular weight is 190 g/mol. The number of aromatic nitrogens is 3. The third kappa shape index (κ3) is 1.39. The van der Waals surface area contributed by atoms with Crippen molar-refractivity contribution >= 4 is 11.5 Å². The molecule has 2 aromatic rings. The molecule has 0 bridgehead atoms. The summed E-state index contributed by atoms with van der Waals surface area (Å²) >= 11 is 0. The van der Waals surface area contributed by atoms with Gasteiger partial charge in [0.25, 0.3) is 5.88 Å². The van der Waals surface area contributed by atoms with E-state index in [-0.39, 0.29) is 0 Å². The molecule has 0 fully saturated rings. The molecule has 0 aliphatic rings. The molecular formula is C9H10N4O. The molecule has 72 valence electrons. The zero-order valence-corrected chi connectivity index (χ0v) is 7.55. The lowest BCUT2D eigenvalue weighted by Crippen LogP contribution is -2.02. The zero-order chi connectivity index (χ0) is 9.97. The minimum atomic E-state index is 0.388. The van der Waals surface area contributed by atoms with E-state index in [2.05, 4.69) is 16.5 Å². The van der Waals surface area contributed by atoms with Crippen molar-refractivity contribution in [3.63, 3.8) is 0 Å². The Labute approximate surface area is 80.8 Å². The van der Waals surface area contributed by atoms with Gasteiger partial charge in [-0.1, -0.05) is 12.7 Å². The number of fused-ring (bicyclic) bond motifs is 1. The summed E-state index contributed by atoms with van der Waals surface area (Å²) in [5.41, 5.74) is 6.24. The molecule has 0 radical (unpaired) electrons. The first-order valence-electron chi connectivity index (χ1n) is 4.14. The fourth-order valence-electron chi connectivity index (χ4n) is 1.16. The van der Waals surface area contributed by atoms with Gasteiger partial charge in [-0.05, 0) is 0 Å². The van der Waals surface area contributed by atoms with Crippen molar-refractivity contribution in [2.45, 2.75) is 0 Å². The van der Waals surface area contributed by atoms with Crippen LogP contribution in [0.25, 0.3) is 5.65 Å². The Hall–Kier alpha value is -2.04. The minimum Gasteiger partial charge on any atom is -0.471 e. The van der Waals surface area contributed by atoms with Gasteiger partial charge in [0, 0.05) is 12.4 Å². The summed E-state index contributed by atoms with van der Waals surface area (Å²) in [7, 11) is 0. The van der Waals surface area contributed by atoms with E-state index in [0.29, 0.717) is 24.0 Å². The number of hydrogen-bond donors (Lipinski definition) is 1.